The zero-order valence-corrected chi connectivity index (χ0v) is 12.0. The van der Waals surface area contributed by atoms with E-state index in [-0.39, 0.29) is 5.54 Å². The van der Waals surface area contributed by atoms with Crippen LogP contribution in [-0.2, 0) is 0 Å². The van der Waals surface area contributed by atoms with Gasteiger partial charge in [0.05, 0.1) is 12.1 Å². The quantitative estimate of drug-likeness (QED) is 0.808. The molecular weight excluding hydrogens is 256 g/mol. The van der Waals surface area contributed by atoms with Gasteiger partial charge in [-0.05, 0) is 51.2 Å². The highest BCUT2D eigenvalue weighted by Crippen LogP contribution is 2.27. The molecule has 0 saturated heterocycles. The summed E-state index contributed by atoms with van der Waals surface area (Å²) in [6.45, 7) is 6.13. The third-order valence-electron chi connectivity index (χ3n) is 1.90. The predicted molar refractivity (Wildman–Crippen MR) is 77.1 cm³/mol. The molecule has 0 unspecified atom stereocenters. The lowest BCUT2D eigenvalue weighted by atomic mass is 10.1. The van der Waals surface area contributed by atoms with E-state index >= 15 is 0 Å². The summed E-state index contributed by atoms with van der Waals surface area (Å²) in [7, 11) is 1.58. The molecule has 0 fully saturated rings. The molecule has 0 heterocycles. The molecule has 0 aliphatic rings. The van der Waals surface area contributed by atoms with Gasteiger partial charge in [0.1, 0.15) is 5.75 Å². The fourth-order valence-corrected chi connectivity index (χ4v) is 1.93. The van der Waals surface area contributed by atoms with E-state index in [0.717, 1.165) is 5.69 Å². The second-order valence-electron chi connectivity index (χ2n) is 4.68. The Morgan fingerprint density at radius 2 is 2.00 bits per heavy atom. The Morgan fingerprint density at radius 3 is 2.47 bits per heavy atom. The van der Waals surface area contributed by atoms with Crippen LogP contribution in [0.5, 0.6) is 5.75 Å². The van der Waals surface area contributed by atoms with Gasteiger partial charge < -0.3 is 15.4 Å². The number of halogens is 1. The Morgan fingerprint density at radius 1 is 1.35 bits per heavy atom. The smallest absolute Gasteiger partial charge is 0.171 e. The molecule has 0 atom stereocenters. The third kappa shape index (κ3) is 4.79. The lowest BCUT2D eigenvalue weighted by Gasteiger charge is -2.23. The predicted octanol–water partition coefficient (Wildman–Crippen LogP) is 3.43. The molecule has 1 rings (SSSR count). The summed E-state index contributed by atoms with van der Waals surface area (Å²) in [5.41, 5.74) is 0.762. The van der Waals surface area contributed by atoms with Crippen molar-refractivity contribution in [1.29, 1.82) is 0 Å². The molecular formula is C12H17ClN2OS. The molecule has 17 heavy (non-hydrogen) atoms. The van der Waals surface area contributed by atoms with Crippen LogP contribution in [0.1, 0.15) is 20.8 Å². The molecule has 2 N–H and O–H groups in total. The van der Waals surface area contributed by atoms with E-state index in [1.807, 2.05) is 26.8 Å². The number of thiocarbonyl (C=S) groups is 1. The van der Waals surface area contributed by atoms with Gasteiger partial charge in [-0.25, -0.2) is 0 Å². The zero-order chi connectivity index (χ0) is 13.1. The first-order chi connectivity index (χ1) is 7.81. The van der Waals surface area contributed by atoms with Gasteiger partial charge in [0.25, 0.3) is 0 Å². The third-order valence-corrected chi connectivity index (χ3v) is 2.40. The van der Waals surface area contributed by atoms with E-state index in [1.54, 1.807) is 19.2 Å². The molecule has 5 heteroatoms. The lowest BCUT2D eigenvalue weighted by Crippen LogP contribution is -2.42. The van der Waals surface area contributed by atoms with Gasteiger partial charge in [-0.2, -0.15) is 0 Å². The number of rotatable bonds is 2. The van der Waals surface area contributed by atoms with E-state index in [2.05, 4.69) is 10.6 Å². The molecule has 1 aromatic rings. The van der Waals surface area contributed by atoms with E-state index in [0.29, 0.717) is 15.9 Å². The standard InChI is InChI=1S/C12H17ClN2OS/c1-12(2,3)15-11(17)14-8-5-6-10(16-4)9(13)7-8/h5-7H,1-4H3,(H2,14,15,17). The van der Waals surface area contributed by atoms with Crippen LogP contribution in [0.3, 0.4) is 0 Å². The molecule has 1 aromatic carbocycles. The lowest BCUT2D eigenvalue weighted by molar-refractivity contribution is 0.415. The minimum Gasteiger partial charge on any atom is -0.495 e. The highest BCUT2D eigenvalue weighted by atomic mass is 35.5. The van der Waals surface area contributed by atoms with Gasteiger partial charge in [0.15, 0.2) is 5.11 Å². The Kier molecular flexibility index (Phi) is 4.60. The van der Waals surface area contributed by atoms with Crippen molar-refractivity contribution < 1.29 is 4.74 Å². The van der Waals surface area contributed by atoms with Gasteiger partial charge in [0, 0.05) is 11.2 Å². The summed E-state index contributed by atoms with van der Waals surface area (Å²) in [4.78, 5) is 0. The first kappa shape index (κ1) is 14.1. The average Bonchev–Trinajstić information content (AvgIpc) is 2.14. The van der Waals surface area contributed by atoms with Crippen molar-refractivity contribution in [3.63, 3.8) is 0 Å². The number of methoxy groups -OCH3 is 1. The van der Waals surface area contributed by atoms with Crippen LogP contribution in [-0.4, -0.2) is 17.8 Å². The average molecular weight is 273 g/mol. The second kappa shape index (κ2) is 5.56. The number of hydrogen-bond donors (Lipinski definition) is 2. The number of hydrogen-bond acceptors (Lipinski definition) is 2. The molecule has 0 aliphatic carbocycles. The van der Waals surface area contributed by atoms with Crippen LogP contribution in [0.15, 0.2) is 18.2 Å². The molecule has 0 spiro atoms. The van der Waals surface area contributed by atoms with E-state index < -0.39 is 0 Å². The van der Waals surface area contributed by atoms with Crippen molar-refractivity contribution in [2.45, 2.75) is 26.3 Å². The summed E-state index contributed by atoms with van der Waals surface area (Å²) >= 11 is 11.2. The summed E-state index contributed by atoms with van der Waals surface area (Å²) in [6, 6.07) is 5.43. The van der Waals surface area contributed by atoms with Crippen LogP contribution < -0.4 is 15.4 Å². The monoisotopic (exact) mass is 272 g/mol. The van der Waals surface area contributed by atoms with Crippen molar-refractivity contribution in [2.75, 3.05) is 12.4 Å². The Bertz CT molecular complexity index is 415. The Balaban J connectivity index is 2.69. The fraction of sp³-hybridized carbons (Fsp3) is 0.417. The van der Waals surface area contributed by atoms with E-state index in [9.17, 15) is 0 Å². The normalized spacial score (nSPS) is 10.9. The maximum Gasteiger partial charge on any atom is 0.171 e. The van der Waals surface area contributed by atoms with Gasteiger partial charge >= 0.3 is 0 Å². The molecule has 0 saturated carbocycles. The van der Waals surface area contributed by atoms with Crippen LogP contribution in [0.2, 0.25) is 5.02 Å². The fourth-order valence-electron chi connectivity index (χ4n) is 1.25. The van der Waals surface area contributed by atoms with Crippen molar-refractivity contribution in [1.82, 2.24) is 5.32 Å². The second-order valence-corrected chi connectivity index (χ2v) is 5.49. The van der Waals surface area contributed by atoms with Crippen molar-refractivity contribution in [3.05, 3.63) is 23.2 Å². The maximum atomic E-state index is 6.02. The number of anilines is 1. The molecule has 0 aromatic heterocycles. The maximum absolute atomic E-state index is 6.02. The van der Waals surface area contributed by atoms with Gasteiger partial charge in [-0.3, -0.25) is 0 Å². The first-order valence-electron chi connectivity index (χ1n) is 5.24. The molecule has 3 nitrogen and oxygen atoms in total. The Labute approximate surface area is 112 Å². The van der Waals surface area contributed by atoms with Crippen molar-refractivity contribution in [2.24, 2.45) is 0 Å². The summed E-state index contributed by atoms with van der Waals surface area (Å²) in [5, 5.41) is 7.35. The number of ether oxygens (including phenoxy) is 1. The summed E-state index contributed by atoms with van der Waals surface area (Å²) in [6.07, 6.45) is 0. The van der Waals surface area contributed by atoms with Crippen LogP contribution >= 0.6 is 23.8 Å². The molecule has 0 bridgehead atoms. The minimum atomic E-state index is -0.0691. The first-order valence-corrected chi connectivity index (χ1v) is 6.03. The molecule has 94 valence electrons. The number of benzene rings is 1. The number of nitrogens with one attached hydrogen (secondary N) is 2. The Hall–Kier alpha value is -1.00. The van der Waals surface area contributed by atoms with Gasteiger partial charge in [-0.1, -0.05) is 11.6 Å². The highest BCUT2D eigenvalue weighted by molar-refractivity contribution is 7.80. The van der Waals surface area contributed by atoms with E-state index in [4.69, 9.17) is 28.6 Å². The van der Waals surface area contributed by atoms with Crippen LogP contribution in [0.4, 0.5) is 5.69 Å². The van der Waals surface area contributed by atoms with Crippen molar-refractivity contribution in [3.8, 4) is 5.75 Å². The summed E-state index contributed by atoms with van der Waals surface area (Å²) < 4.78 is 5.08. The van der Waals surface area contributed by atoms with Crippen LogP contribution in [0.25, 0.3) is 0 Å². The molecule has 0 radical (unpaired) electrons. The van der Waals surface area contributed by atoms with Crippen LogP contribution in [0, 0.1) is 0 Å². The van der Waals surface area contributed by atoms with E-state index in [1.165, 1.54) is 0 Å². The summed E-state index contributed by atoms with van der Waals surface area (Å²) in [5.74, 6) is 0.645. The minimum absolute atomic E-state index is 0.0691. The zero-order valence-electron chi connectivity index (χ0n) is 10.4. The highest BCUT2D eigenvalue weighted by Gasteiger charge is 2.11. The largest absolute Gasteiger partial charge is 0.495 e. The molecule has 0 amide bonds. The SMILES string of the molecule is COc1ccc(NC(=S)NC(C)(C)C)cc1Cl. The van der Waals surface area contributed by atoms with Gasteiger partial charge in [-0.15, -0.1) is 0 Å². The van der Waals surface area contributed by atoms with Gasteiger partial charge in [0.2, 0.25) is 0 Å². The van der Waals surface area contributed by atoms with Crippen molar-refractivity contribution >= 4 is 34.6 Å². The topological polar surface area (TPSA) is 33.3 Å². The molecule has 0 aliphatic heterocycles.